The first-order valence-corrected chi connectivity index (χ1v) is 11.7. The van der Waals surface area contributed by atoms with Crippen molar-refractivity contribution >= 4 is 17.7 Å². The first-order valence-electron chi connectivity index (χ1n) is 10.7. The maximum Gasteiger partial charge on any atom is 0.226 e. The Morgan fingerprint density at radius 1 is 1.22 bits per heavy atom. The van der Waals surface area contributed by atoms with Crippen molar-refractivity contribution in [3.05, 3.63) is 0 Å². The molecule has 0 aromatic carbocycles. The molecule has 4 fully saturated rings. The summed E-state index contributed by atoms with van der Waals surface area (Å²) in [4.78, 5) is 13.2. The first-order chi connectivity index (χ1) is 13.2. The lowest BCUT2D eigenvalue weighted by Gasteiger charge is -2.44. The Kier molecular flexibility index (Phi) is 6.64. The van der Waals surface area contributed by atoms with Crippen LogP contribution in [0.25, 0.3) is 0 Å². The van der Waals surface area contributed by atoms with Crippen LogP contribution < -0.4 is 16.0 Å². The normalized spacial score (nSPS) is 45.3. The highest BCUT2D eigenvalue weighted by molar-refractivity contribution is 8.00. The number of carbonyl (C=O) groups is 1. The van der Waals surface area contributed by atoms with Crippen molar-refractivity contribution in [1.29, 1.82) is 0 Å². The summed E-state index contributed by atoms with van der Waals surface area (Å²) in [6, 6.07) is 0.933. The van der Waals surface area contributed by atoms with Crippen molar-refractivity contribution in [2.24, 2.45) is 17.8 Å². The Morgan fingerprint density at radius 3 is 2.89 bits per heavy atom. The summed E-state index contributed by atoms with van der Waals surface area (Å²) < 4.78 is 11.4. The van der Waals surface area contributed by atoms with Gasteiger partial charge in [-0.25, -0.2) is 0 Å². The molecule has 4 rings (SSSR count). The zero-order valence-corrected chi connectivity index (χ0v) is 17.4. The zero-order valence-electron chi connectivity index (χ0n) is 16.6. The highest BCUT2D eigenvalue weighted by atomic mass is 32.2. The van der Waals surface area contributed by atoms with Gasteiger partial charge in [0.15, 0.2) is 0 Å². The number of hydrogen-bond donors (Lipinski definition) is 3. The maximum absolute atomic E-state index is 13.2. The number of carbonyl (C=O) groups excluding carboxylic acids is 1. The van der Waals surface area contributed by atoms with E-state index in [9.17, 15) is 4.79 Å². The number of nitrogens with one attached hydrogen (secondary N) is 3. The molecule has 4 aliphatic rings. The van der Waals surface area contributed by atoms with Crippen molar-refractivity contribution in [1.82, 2.24) is 16.0 Å². The van der Waals surface area contributed by atoms with Crippen molar-refractivity contribution in [3.63, 3.8) is 0 Å². The lowest BCUT2D eigenvalue weighted by molar-refractivity contribution is -0.130. The topological polar surface area (TPSA) is 71.6 Å². The van der Waals surface area contributed by atoms with E-state index in [4.69, 9.17) is 9.47 Å². The summed E-state index contributed by atoms with van der Waals surface area (Å²) in [6.07, 6.45) is 7.25. The summed E-state index contributed by atoms with van der Waals surface area (Å²) in [5, 5.41) is 10.9. The van der Waals surface area contributed by atoms with Crippen LogP contribution in [0.4, 0.5) is 0 Å². The van der Waals surface area contributed by atoms with E-state index >= 15 is 0 Å². The Labute approximate surface area is 167 Å². The van der Waals surface area contributed by atoms with Gasteiger partial charge in [0.25, 0.3) is 0 Å². The number of hydrogen-bond acceptors (Lipinski definition) is 6. The van der Waals surface area contributed by atoms with E-state index in [2.05, 4.69) is 22.9 Å². The lowest BCUT2D eigenvalue weighted by Crippen LogP contribution is -2.55. The maximum atomic E-state index is 13.2. The van der Waals surface area contributed by atoms with E-state index in [0.29, 0.717) is 35.3 Å². The third-order valence-electron chi connectivity index (χ3n) is 7.03. The van der Waals surface area contributed by atoms with Crippen LogP contribution in [0.3, 0.4) is 0 Å². The standard InChI is InChI=1S/C20H35N3O3S/c1-12-9-14(13-5-3-4-6-17(13)25-2)15(10-21-12)19(24)23-20-22-16-7-8-26-11-18(16)27-20/h12-18,20-22H,3-11H2,1-2H3,(H,23,24). The average molecular weight is 398 g/mol. The van der Waals surface area contributed by atoms with E-state index in [-0.39, 0.29) is 17.3 Å². The van der Waals surface area contributed by atoms with Gasteiger partial charge in [-0.05, 0) is 44.4 Å². The highest BCUT2D eigenvalue weighted by Crippen LogP contribution is 2.40. The van der Waals surface area contributed by atoms with Crippen LogP contribution in [0.5, 0.6) is 0 Å². The zero-order chi connectivity index (χ0) is 18.8. The van der Waals surface area contributed by atoms with Gasteiger partial charge >= 0.3 is 0 Å². The molecule has 1 aliphatic carbocycles. The molecule has 1 saturated carbocycles. The molecule has 8 unspecified atom stereocenters. The number of rotatable bonds is 4. The molecule has 1 amide bonds. The summed E-state index contributed by atoms with van der Waals surface area (Å²) in [5.41, 5.74) is 0.0128. The second-order valence-electron chi connectivity index (χ2n) is 8.74. The van der Waals surface area contributed by atoms with E-state index in [1.54, 1.807) is 0 Å². The summed E-state index contributed by atoms with van der Waals surface area (Å²) in [5.74, 6) is 1.14. The Hall–Kier alpha value is -0.340. The minimum Gasteiger partial charge on any atom is -0.381 e. The quantitative estimate of drug-likeness (QED) is 0.671. The van der Waals surface area contributed by atoms with Gasteiger partial charge in [-0.2, -0.15) is 0 Å². The van der Waals surface area contributed by atoms with Gasteiger partial charge in [0, 0.05) is 37.6 Å². The second-order valence-corrected chi connectivity index (χ2v) is 10.1. The second kappa shape index (κ2) is 8.99. The highest BCUT2D eigenvalue weighted by Gasteiger charge is 2.44. The molecule has 3 heterocycles. The molecule has 0 aromatic heterocycles. The van der Waals surface area contributed by atoms with Crippen LogP contribution in [0.1, 0.15) is 45.4 Å². The summed E-state index contributed by atoms with van der Waals surface area (Å²) in [6.45, 7) is 4.63. The number of methoxy groups -OCH3 is 1. The summed E-state index contributed by atoms with van der Waals surface area (Å²) >= 11 is 1.82. The van der Waals surface area contributed by atoms with Crippen LogP contribution in [0.2, 0.25) is 0 Å². The number of ether oxygens (including phenoxy) is 2. The van der Waals surface area contributed by atoms with E-state index < -0.39 is 0 Å². The molecule has 154 valence electrons. The molecular weight excluding hydrogens is 362 g/mol. The van der Waals surface area contributed by atoms with Crippen LogP contribution in [-0.4, -0.2) is 61.7 Å². The van der Waals surface area contributed by atoms with Crippen molar-refractivity contribution in [2.45, 2.75) is 74.4 Å². The monoisotopic (exact) mass is 397 g/mol. The Bertz CT molecular complexity index is 509. The average Bonchev–Trinajstić information content (AvgIpc) is 3.10. The predicted molar refractivity (Wildman–Crippen MR) is 107 cm³/mol. The fourth-order valence-corrected chi connectivity index (χ4v) is 6.93. The SMILES string of the molecule is COC1CCCCC1C1CC(C)NCC1C(=O)NC1NC2CCOCC2S1. The van der Waals surface area contributed by atoms with Gasteiger partial charge < -0.3 is 20.1 Å². The van der Waals surface area contributed by atoms with E-state index in [1.165, 1.54) is 19.3 Å². The molecule has 3 aliphatic heterocycles. The minimum absolute atomic E-state index is 0.0128. The van der Waals surface area contributed by atoms with Gasteiger partial charge in [-0.15, -0.1) is 11.8 Å². The smallest absolute Gasteiger partial charge is 0.226 e. The molecule has 3 N–H and O–H groups in total. The molecule has 0 radical (unpaired) electrons. The van der Waals surface area contributed by atoms with Gasteiger partial charge in [-0.3, -0.25) is 10.1 Å². The molecule has 0 spiro atoms. The number of fused-ring (bicyclic) bond motifs is 1. The van der Waals surface area contributed by atoms with Gasteiger partial charge in [-0.1, -0.05) is 12.8 Å². The largest absolute Gasteiger partial charge is 0.381 e. The number of amides is 1. The number of thioether (sulfide) groups is 1. The fraction of sp³-hybridized carbons (Fsp3) is 0.950. The number of piperidine rings is 1. The molecule has 3 saturated heterocycles. The van der Waals surface area contributed by atoms with Gasteiger partial charge in [0.2, 0.25) is 5.91 Å². The van der Waals surface area contributed by atoms with Crippen LogP contribution in [0, 0.1) is 17.8 Å². The van der Waals surface area contributed by atoms with Crippen molar-refractivity contribution in [2.75, 3.05) is 26.9 Å². The van der Waals surface area contributed by atoms with Crippen LogP contribution in [0.15, 0.2) is 0 Å². The van der Waals surface area contributed by atoms with Crippen molar-refractivity contribution in [3.8, 4) is 0 Å². The first kappa shape index (κ1) is 20.0. The third-order valence-corrected chi connectivity index (χ3v) is 8.37. The van der Waals surface area contributed by atoms with Gasteiger partial charge in [0.05, 0.1) is 18.6 Å². The minimum atomic E-state index is 0.0128. The molecular formula is C20H35N3O3S. The molecule has 0 bridgehead atoms. The van der Waals surface area contributed by atoms with Gasteiger partial charge in [0.1, 0.15) is 5.50 Å². The predicted octanol–water partition coefficient (Wildman–Crippen LogP) is 1.70. The Balaban J connectivity index is 1.41. The Morgan fingerprint density at radius 2 is 2.07 bits per heavy atom. The van der Waals surface area contributed by atoms with Crippen LogP contribution >= 0.6 is 11.8 Å². The fourth-order valence-electron chi connectivity index (χ4n) is 5.56. The molecule has 8 atom stereocenters. The lowest BCUT2D eigenvalue weighted by atomic mass is 9.68. The van der Waals surface area contributed by atoms with Crippen LogP contribution in [-0.2, 0) is 14.3 Å². The molecule has 6 nitrogen and oxygen atoms in total. The summed E-state index contributed by atoms with van der Waals surface area (Å²) in [7, 11) is 1.84. The molecule has 27 heavy (non-hydrogen) atoms. The van der Waals surface area contributed by atoms with E-state index in [0.717, 1.165) is 39.0 Å². The molecule has 7 heteroatoms. The van der Waals surface area contributed by atoms with E-state index in [1.807, 2.05) is 18.9 Å². The molecule has 0 aromatic rings. The third kappa shape index (κ3) is 4.47. The van der Waals surface area contributed by atoms with Crippen molar-refractivity contribution < 1.29 is 14.3 Å².